The Kier molecular flexibility index (Phi) is 11.5. The zero-order valence-corrected chi connectivity index (χ0v) is 62.7. The predicted molar refractivity (Wildman–Crippen MR) is 485 cm³/mol. The number of fused-ring (bicyclic) bond motifs is 24. The average molecular weight is 1460 g/mol. The fourth-order valence-electron chi connectivity index (χ4n) is 22.9. The van der Waals surface area contributed by atoms with E-state index < -0.39 is 0 Å². The van der Waals surface area contributed by atoms with Crippen LogP contribution >= 0.6 is 0 Å². The fraction of sp³-hybridized carbons (Fsp3) is 0.0377. The molecule has 4 aliphatic heterocycles. The smallest absolute Gasteiger partial charge is 0.333 e. The van der Waals surface area contributed by atoms with Gasteiger partial charge in [0.2, 0.25) is 0 Å². The van der Waals surface area contributed by atoms with E-state index in [1.165, 1.54) is 230 Å². The summed E-state index contributed by atoms with van der Waals surface area (Å²) in [6, 6.07) is 119. The highest BCUT2D eigenvalue weighted by atomic mass is 15.1. The van der Waals surface area contributed by atoms with E-state index >= 15 is 0 Å². The van der Waals surface area contributed by atoms with Crippen LogP contribution in [0.1, 0.15) is 25.0 Å². The molecular formula is C106H63B2N7. The fourth-order valence-corrected chi connectivity index (χ4v) is 22.9. The first kappa shape index (κ1) is 61.2. The Labute approximate surface area is 659 Å². The highest BCUT2D eigenvalue weighted by Crippen LogP contribution is 2.55. The Hall–Kier alpha value is -14.5. The number of anilines is 3. The monoisotopic (exact) mass is 1460 g/mol. The molecule has 528 valence electrons. The van der Waals surface area contributed by atoms with E-state index in [9.17, 15) is 0 Å². The summed E-state index contributed by atoms with van der Waals surface area (Å²) in [5.41, 5.74) is 33.7. The number of hydrogen-bond acceptors (Lipinski definition) is 3. The molecule has 18 aromatic carbocycles. The van der Waals surface area contributed by atoms with Gasteiger partial charge in [-0.3, -0.25) is 9.97 Å². The van der Waals surface area contributed by atoms with Gasteiger partial charge in [0.1, 0.15) is 0 Å². The highest BCUT2D eigenvalue weighted by Gasteiger charge is 2.46. The largest absolute Gasteiger partial charge is 0.375 e. The molecule has 0 amide bonds. The molecule has 0 atom stereocenters. The van der Waals surface area contributed by atoms with Crippen LogP contribution in [0.15, 0.2) is 334 Å². The quantitative estimate of drug-likeness (QED) is 0.113. The Morgan fingerprint density at radius 3 is 1.38 bits per heavy atom. The van der Waals surface area contributed by atoms with Crippen LogP contribution in [0, 0.1) is 0 Å². The van der Waals surface area contributed by atoms with Gasteiger partial charge in [-0.15, -0.1) is 0 Å². The van der Waals surface area contributed by atoms with Gasteiger partial charge in [0.15, 0.2) is 0 Å². The molecule has 0 fully saturated rings. The Morgan fingerprint density at radius 1 is 0.304 bits per heavy atom. The summed E-state index contributed by atoms with van der Waals surface area (Å²) in [6.45, 7) is 4.72. The molecule has 9 heteroatoms. The van der Waals surface area contributed by atoms with Crippen LogP contribution in [0.2, 0.25) is 0 Å². The molecule has 10 heterocycles. The van der Waals surface area contributed by atoms with Crippen molar-refractivity contribution in [2.75, 3.05) is 4.90 Å². The Balaban J connectivity index is 0.629. The third-order valence-corrected chi connectivity index (χ3v) is 27.4. The van der Waals surface area contributed by atoms with Crippen molar-refractivity contribution in [3.63, 3.8) is 0 Å². The molecule has 7 nitrogen and oxygen atoms in total. The third-order valence-electron chi connectivity index (χ3n) is 27.4. The SMILES string of the molecule is CC(C)(Cc1ccc2c(c1)c1cccc3c1n2B1c2c-3c3ccc4cc(N(c5ccccc5)c5ccccc5)cc5ccc(c2-n2c6ccccc6c6cccc1c62)c3c45)c1cc2ccc3c4c5c(c6ccc(c1)c2c36)-n1c2ccc(-c3ccncc3)cc2c2cc(-c3ccncc3)cc(c21)B5n1c2ccccc2c2cccc-4c21. The minimum Gasteiger partial charge on any atom is -0.375 e. The standard InChI is InChI=1S/C106H63B2N7/c1-106(2,68-51-63-31-36-77-94-81(38-33-64(52-68)92(63)94)105-99-97(77)79-25-13-22-74-73-21-10-12-29-90(73)114(100(74)79)108(99)87-57-67(61-44-48-110-49-45-61)56-85-84-55-62(60-42-46-109-47-43-60)35-41-89(84)113(105)103(85)87)58-59-30-40-91-83(50-59)76-23-14-26-80-96-78-37-32-65-53-71(111(69-16-5-3-6-17-69)70-18-7-4-8-19-70)54-66-34-39-82(95(78)93(65)66)104-98(96)107(115(91)101(76)80)86-27-15-24-75-72-20-9-11-28-88(72)112(104)102(75)86/h3-57H,58H2,1-2H3. The maximum atomic E-state index is 4.51. The van der Waals surface area contributed by atoms with E-state index in [4.69, 9.17) is 0 Å². The molecule has 4 aliphatic rings. The van der Waals surface area contributed by atoms with E-state index in [1.807, 2.05) is 24.8 Å². The Bertz CT molecular complexity index is 8470. The molecule has 0 spiro atoms. The lowest BCUT2D eigenvalue weighted by Gasteiger charge is -2.36. The van der Waals surface area contributed by atoms with Crippen LogP contribution in [-0.4, -0.2) is 41.8 Å². The molecule has 0 N–H and O–H groups in total. The lowest BCUT2D eigenvalue weighted by atomic mass is 9.45. The number of hydrogen-bond donors (Lipinski definition) is 0. The van der Waals surface area contributed by atoms with Gasteiger partial charge in [-0.1, -0.05) is 220 Å². The van der Waals surface area contributed by atoms with Gasteiger partial charge in [0.25, 0.3) is 0 Å². The van der Waals surface area contributed by atoms with Gasteiger partial charge >= 0.3 is 13.7 Å². The van der Waals surface area contributed by atoms with Crippen molar-refractivity contribution in [1.82, 2.24) is 28.1 Å². The van der Waals surface area contributed by atoms with Gasteiger partial charge < -0.3 is 23.0 Å². The molecule has 115 heavy (non-hydrogen) atoms. The molecule has 28 rings (SSSR count). The van der Waals surface area contributed by atoms with E-state index in [0.29, 0.717) is 0 Å². The first-order valence-corrected chi connectivity index (χ1v) is 40.3. The number of aromatic nitrogens is 6. The highest BCUT2D eigenvalue weighted by molar-refractivity contribution is 6.92. The van der Waals surface area contributed by atoms with E-state index in [-0.39, 0.29) is 19.1 Å². The average Bonchev–Trinajstić information content (AvgIpc) is 1.63. The molecular weight excluding hydrogens is 1390 g/mol. The van der Waals surface area contributed by atoms with Gasteiger partial charge in [0.05, 0.1) is 33.4 Å². The van der Waals surface area contributed by atoms with Crippen molar-refractivity contribution in [2.24, 2.45) is 0 Å². The maximum absolute atomic E-state index is 4.51. The van der Waals surface area contributed by atoms with Crippen LogP contribution in [-0.2, 0) is 11.8 Å². The number of rotatable bonds is 8. The second kappa shape index (κ2) is 21.6. The second-order valence-corrected chi connectivity index (χ2v) is 33.5. The predicted octanol–water partition coefficient (Wildman–Crippen LogP) is 23.9. The molecule has 0 saturated heterocycles. The van der Waals surface area contributed by atoms with E-state index in [0.717, 1.165) is 34.6 Å². The topological polar surface area (TPSA) is 48.7 Å². The summed E-state index contributed by atoms with van der Waals surface area (Å²) in [5.74, 6) is 0. The normalized spacial score (nSPS) is 13.3. The van der Waals surface area contributed by atoms with Crippen molar-refractivity contribution in [2.45, 2.75) is 25.7 Å². The molecule has 0 radical (unpaired) electrons. The lowest BCUT2D eigenvalue weighted by Crippen LogP contribution is -2.55. The molecule has 0 saturated carbocycles. The Morgan fingerprint density at radius 2 is 0.765 bits per heavy atom. The van der Waals surface area contributed by atoms with Gasteiger partial charge in [0, 0.05) is 140 Å². The number of pyridine rings is 2. The number of benzene rings is 18. The first-order valence-electron chi connectivity index (χ1n) is 40.3. The zero-order chi connectivity index (χ0) is 74.7. The van der Waals surface area contributed by atoms with Crippen LogP contribution in [0.3, 0.4) is 0 Å². The summed E-state index contributed by atoms with van der Waals surface area (Å²) >= 11 is 0. The van der Waals surface area contributed by atoms with Gasteiger partial charge in [-0.25, -0.2) is 0 Å². The molecule has 6 aromatic heterocycles. The van der Waals surface area contributed by atoms with Gasteiger partial charge in [-0.05, 0) is 224 Å². The summed E-state index contributed by atoms with van der Waals surface area (Å²) in [6.07, 6.45) is 8.51. The molecule has 0 aliphatic carbocycles. The van der Waals surface area contributed by atoms with Crippen LogP contribution in [0.4, 0.5) is 17.1 Å². The first-order chi connectivity index (χ1) is 56.8. The summed E-state index contributed by atoms with van der Waals surface area (Å²) in [5, 5.41) is 25.7. The minimum atomic E-state index is -0.267. The van der Waals surface area contributed by atoms with Crippen LogP contribution in [0.5, 0.6) is 0 Å². The van der Waals surface area contributed by atoms with E-state index in [1.54, 1.807) is 0 Å². The molecule has 24 aromatic rings. The summed E-state index contributed by atoms with van der Waals surface area (Å²) in [7, 11) is 0. The minimum absolute atomic E-state index is 0.0936. The second-order valence-electron chi connectivity index (χ2n) is 33.5. The lowest BCUT2D eigenvalue weighted by molar-refractivity contribution is 0.524. The van der Waals surface area contributed by atoms with Crippen molar-refractivity contribution >= 4 is 204 Å². The van der Waals surface area contributed by atoms with Gasteiger partial charge in [-0.2, -0.15) is 0 Å². The van der Waals surface area contributed by atoms with Crippen molar-refractivity contribution in [3.05, 3.63) is 345 Å². The zero-order valence-electron chi connectivity index (χ0n) is 62.7. The van der Waals surface area contributed by atoms with Crippen LogP contribution in [0.25, 0.3) is 208 Å². The summed E-state index contributed by atoms with van der Waals surface area (Å²) < 4.78 is 10.8. The van der Waals surface area contributed by atoms with Crippen molar-refractivity contribution in [1.29, 1.82) is 0 Å². The summed E-state index contributed by atoms with van der Waals surface area (Å²) in [4.78, 5) is 11.3. The molecule has 0 unspecified atom stereocenters. The van der Waals surface area contributed by atoms with E-state index in [2.05, 4.69) is 356 Å². The van der Waals surface area contributed by atoms with Crippen molar-refractivity contribution < 1.29 is 0 Å². The maximum Gasteiger partial charge on any atom is 0.333 e. The molecule has 0 bridgehead atoms. The third kappa shape index (κ3) is 7.69. The number of para-hydroxylation sites is 7. The van der Waals surface area contributed by atoms with Crippen LogP contribution < -0.4 is 26.8 Å². The number of nitrogens with zero attached hydrogens (tertiary/aromatic N) is 7. The van der Waals surface area contributed by atoms with Crippen molar-refractivity contribution in [3.8, 4) is 55.9 Å².